The number of aryl methyl sites for hydroxylation is 1. The summed E-state index contributed by atoms with van der Waals surface area (Å²) in [5.74, 6) is 0.911. The number of hydrogen-bond acceptors (Lipinski definition) is 3. The molecule has 0 bridgehead atoms. The van der Waals surface area contributed by atoms with Gasteiger partial charge in [-0.3, -0.25) is 9.55 Å². The number of rotatable bonds is 1. The maximum absolute atomic E-state index is 8.99. The van der Waals surface area contributed by atoms with Gasteiger partial charge in [-0.25, -0.2) is 4.98 Å². The van der Waals surface area contributed by atoms with Crippen LogP contribution < -0.4 is 0 Å². The normalized spacial score (nSPS) is 11.8. The van der Waals surface area contributed by atoms with Crippen LogP contribution in [0.1, 0.15) is 17.0 Å². The van der Waals surface area contributed by atoms with Crippen molar-refractivity contribution in [3.8, 4) is 34.4 Å². The van der Waals surface area contributed by atoms with Gasteiger partial charge in [0.2, 0.25) is 0 Å². The van der Waals surface area contributed by atoms with Gasteiger partial charge in [0.1, 0.15) is 0 Å². The van der Waals surface area contributed by atoms with Crippen LogP contribution in [0, 0.1) is 18.3 Å². The van der Waals surface area contributed by atoms with E-state index in [1.54, 1.807) is 0 Å². The number of imidazole rings is 1. The van der Waals surface area contributed by atoms with Crippen molar-refractivity contribution in [3.05, 3.63) is 78.0 Å². The average molecular weight is 337 g/mol. The number of aromatic nitrogens is 4. The summed E-state index contributed by atoms with van der Waals surface area (Å²) in [5, 5.41) is 8.99. The van der Waals surface area contributed by atoms with E-state index in [0.717, 1.165) is 39.7 Å². The molecule has 0 amide bonds. The van der Waals surface area contributed by atoms with Gasteiger partial charge in [-0.1, -0.05) is 12.1 Å². The molecule has 0 saturated heterocycles. The van der Waals surface area contributed by atoms with E-state index in [1.807, 2.05) is 49.6 Å². The number of pyridine rings is 1. The van der Waals surface area contributed by atoms with Gasteiger partial charge in [0, 0.05) is 29.8 Å². The van der Waals surface area contributed by atoms with Crippen LogP contribution in [0.5, 0.6) is 0 Å². The Morgan fingerprint density at radius 1 is 1.08 bits per heavy atom. The van der Waals surface area contributed by atoms with Crippen LogP contribution in [0.2, 0.25) is 0 Å². The summed E-state index contributed by atoms with van der Waals surface area (Å²) in [6.45, 7) is 2.71. The highest BCUT2D eigenvalue weighted by Crippen LogP contribution is 2.33. The van der Waals surface area contributed by atoms with E-state index in [1.165, 1.54) is 0 Å². The van der Waals surface area contributed by atoms with Crippen molar-refractivity contribution in [1.82, 2.24) is 19.1 Å². The van der Waals surface area contributed by atoms with Crippen molar-refractivity contribution in [1.29, 1.82) is 5.26 Å². The molecule has 0 N–H and O–H groups in total. The van der Waals surface area contributed by atoms with Gasteiger partial charge < -0.3 is 4.57 Å². The van der Waals surface area contributed by atoms with Gasteiger partial charge in [0.05, 0.1) is 35.3 Å². The van der Waals surface area contributed by atoms with Gasteiger partial charge in [0.15, 0.2) is 5.82 Å². The molecule has 0 unspecified atom stereocenters. The summed E-state index contributed by atoms with van der Waals surface area (Å²) >= 11 is 0. The zero-order chi connectivity index (χ0) is 17.7. The summed E-state index contributed by atoms with van der Waals surface area (Å²) in [4.78, 5) is 9.34. The third-order valence-electron chi connectivity index (χ3n) is 4.78. The standard InChI is InChI=1S/C21H15N5/c1-14-2-7-19-18(24-14)13-25-12-17(16-5-3-15(11-22)4-6-16)10-20(25)21-23-8-9-26(19)21/h2-10,12H,13H2,1H3. The van der Waals surface area contributed by atoms with Crippen molar-refractivity contribution in [3.63, 3.8) is 0 Å². The smallest absolute Gasteiger partial charge is 0.161 e. The molecule has 3 aromatic heterocycles. The monoisotopic (exact) mass is 337 g/mol. The molecule has 1 aliphatic rings. The van der Waals surface area contributed by atoms with Gasteiger partial charge in [-0.2, -0.15) is 5.26 Å². The van der Waals surface area contributed by atoms with Crippen molar-refractivity contribution in [2.45, 2.75) is 13.5 Å². The molecule has 4 heterocycles. The van der Waals surface area contributed by atoms with Gasteiger partial charge in [-0.05, 0) is 42.8 Å². The zero-order valence-corrected chi connectivity index (χ0v) is 14.2. The number of nitriles is 1. The Bertz CT molecular complexity index is 1170. The fourth-order valence-corrected chi connectivity index (χ4v) is 3.51. The van der Waals surface area contributed by atoms with Crippen LogP contribution in [-0.2, 0) is 6.54 Å². The second-order valence-electron chi connectivity index (χ2n) is 6.47. The molecule has 4 aromatic rings. The molecular formula is C21H15N5. The SMILES string of the molecule is Cc1ccc2c(n1)Cn1cc(-c3ccc(C#N)cc3)cc1-c1nccn1-2. The van der Waals surface area contributed by atoms with E-state index in [0.29, 0.717) is 12.1 Å². The minimum atomic E-state index is 0.665. The Morgan fingerprint density at radius 3 is 2.73 bits per heavy atom. The van der Waals surface area contributed by atoms with Gasteiger partial charge in [0.25, 0.3) is 0 Å². The number of benzene rings is 1. The van der Waals surface area contributed by atoms with Crippen LogP contribution in [0.15, 0.2) is 61.1 Å². The van der Waals surface area contributed by atoms with Gasteiger partial charge >= 0.3 is 0 Å². The lowest BCUT2D eigenvalue weighted by molar-refractivity contribution is 0.788. The summed E-state index contributed by atoms with van der Waals surface area (Å²) in [5.41, 5.74) is 7.03. The first-order valence-electron chi connectivity index (χ1n) is 8.44. The Balaban J connectivity index is 1.68. The first kappa shape index (κ1) is 14.7. The average Bonchev–Trinajstić information content (AvgIpc) is 3.27. The lowest BCUT2D eigenvalue weighted by Gasteiger charge is -2.09. The van der Waals surface area contributed by atoms with Crippen molar-refractivity contribution in [2.24, 2.45) is 0 Å². The molecule has 0 aliphatic carbocycles. The third-order valence-corrected chi connectivity index (χ3v) is 4.78. The number of nitrogens with zero attached hydrogens (tertiary/aromatic N) is 5. The molecule has 1 aliphatic heterocycles. The highest BCUT2D eigenvalue weighted by atomic mass is 15.1. The number of fused-ring (bicyclic) bond motifs is 5. The second kappa shape index (κ2) is 5.43. The molecule has 0 spiro atoms. The Kier molecular flexibility index (Phi) is 3.06. The molecule has 1 aromatic carbocycles. The minimum absolute atomic E-state index is 0.665. The van der Waals surface area contributed by atoms with E-state index in [-0.39, 0.29) is 0 Å². The largest absolute Gasteiger partial charge is 0.338 e. The fourth-order valence-electron chi connectivity index (χ4n) is 3.51. The third kappa shape index (κ3) is 2.16. The van der Waals surface area contributed by atoms with Crippen molar-refractivity contribution >= 4 is 0 Å². The molecule has 5 nitrogen and oxygen atoms in total. The van der Waals surface area contributed by atoms with E-state index in [2.05, 4.69) is 38.5 Å². The van der Waals surface area contributed by atoms with Crippen LogP contribution in [0.4, 0.5) is 0 Å². The Morgan fingerprint density at radius 2 is 1.92 bits per heavy atom. The van der Waals surface area contributed by atoms with E-state index in [9.17, 15) is 0 Å². The minimum Gasteiger partial charge on any atom is -0.338 e. The predicted molar refractivity (Wildman–Crippen MR) is 98.8 cm³/mol. The van der Waals surface area contributed by atoms with E-state index < -0.39 is 0 Å². The van der Waals surface area contributed by atoms with Crippen molar-refractivity contribution < 1.29 is 0 Å². The predicted octanol–water partition coefficient (Wildman–Crippen LogP) is 3.94. The van der Waals surface area contributed by atoms with Crippen LogP contribution >= 0.6 is 0 Å². The molecule has 0 fully saturated rings. The topological polar surface area (TPSA) is 59.4 Å². The lowest BCUT2D eigenvalue weighted by atomic mass is 10.1. The van der Waals surface area contributed by atoms with E-state index in [4.69, 9.17) is 10.2 Å². The first-order valence-corrected chi connectivity index (χ1v) is 8.44. The maximum atomic E-state index is 8.99. The van der Waals surface area contributed by atoms with Crippen LogP contribution in [0.25, 0.3) is 28.3 Å². The van der Waals surface area contributed by atoms with Crippen LogP contribution in [-0.4, -0.2) is 19.1 Å². The Labute approximate surface area is 150 Å². The molecule has 124 valence electrons. The molecule has 26 heavy (non-hydrogen) atoms. The maximum Gasteiger partial charge on any atom is 0.161 e. The van der Waals surface area contributed by atoms with Crippen molar-refractivity contribution in [2.75, 3.05) is 0 Å². The second-order valence-corrected chi connectivity index (χ2v) is 6.47. The Hall–Kier alpha value is -3.65. The highest BCUT2D eigenvalue weighted by molar-refractivity contribution is 5.71. The van der Waals surface area contributed by atoms with E-state index >= 15 is 0 Å². The molecule has 5 heteroatoms. The summed E-state index contributed by atoms with van der Waals surface area (Å²) in [6.07, 6.45) is 5.94. The molecule has 5 rings (SSSR count). The molecule has 0 saturated carbocycles. The zero-order valence-electron chi connectivity index (χ0n) is 14.2. The summed E-state index contributed by atoms with van der Waals surface area (Å²) in [7, 11) is 0. The molecular weight excluding hydrogens is 322 g/mol. The fraction of sp³-hybridized carbons (Fsp3) is 0.0952. The number of hydrogen-bond donors (Lipinski definition) is 0. The lowest BCUT2D eigenvalue weighted by Crippen LogP contribution is -2.03. The van der Waals surface area contributed by atoms with Crippen LogP contribution in [0.3, 0.4) is 0 Å². The summed E-state index contributed by atoms with van der Waals surface area (Å²) < 4.78 is 4.30. The summed E-state index contributed by atoms with van der Waals surface area (Å²) in [6, 6.07) is 16.1. The first-order chi connectivity index (χ1) is 12.7. The highest BCUT2D eigenvalue weighted by Gasteiger charge is 2.21. The molecule has 0 radical (unpaired) electrons. The quantitative estimate of drug-likeness (QED) is 0.465. The molecule has 0 atom stereocenters. The van der Waals surface area contributed by atoms with Gasteiger partial charge in [-0.15, -0.1) is 0 Å².